The van der Waals surface area contributed by atoms with E-state index in [9.17, 15) is 4.79 Å². The third-order valence-electron chi connectivity index (χ3n) is 6.03. The molecule has 0 saturated carbocycles. The molecule has 2 aliphatic rings. The van der Waals surface area contributed by atoms with E-state index in [4.69, 9.17) is 14.0 Å². The van der Waals surface area contributed by atoms with Crippen LogP contribution in [0.5, 0.6) is 0 Å². The molecule has 0 radical (unpaired) electrons. The van der Waals surface area contributed by atoms with Gasteiger partial charge in [-0.3, -0.25) is 4.90 Å². The number of hydrogen-bond acceptors (Lipinski definition) is 5. The highest BCUT2D eigenvalue weighted by Gasteiger charge is 2.52. The molecule has 0 aromatic heterocycles. The van der Waals surface area contributed by atoms with E-state index < -0.39 is 23.9 Å². The van der Waals surface area contributed by atoms with Gasteiger partial charge < -0.3 is 18.9 Å². The summed E-state index contributed by atoms with van der Waals surface area (Å²) in [5, 5.41) is 0. The quantitative estimate of drug-likeness (QED) is 0.704. The van der Waals surface area contributed by atoms with Crippen molar-refractivity contribution in [1.82, 2.24) is 9.80 Å². The first kappa shape index (κ1) is 23.0. The van der Waals surface area contributed by atoms with Crippen LogP contribution in [-0.4, -0.2) is 66.0 Å². The molecule has 6 nitrogen and oxygen atoms in total. The van der Waals surface area contributed by atoms with Gasteiger partial charge in [0.25, 0.3) is 0 Å². The molecule has 3 rings (SSSR count). The van der Waals surface area contributed by atoms with Crippen molar-refractivity contribution in [3.8, 4) is 0 Å². The van der Waals surface area contributed by atoms with E-state index in [0.29, 0.717) is 43.8 Å². The van der Waals surface area contributed by atoms with Crippen LogP contribution in [0.1, 0.15) is 54.0 Å². The predicted octanol–water partition coefficient (Wildman–Crippen LogP) is 3.18. The lowest BCUT2D eigenvalue weighted by atomic mass is 9.77. The molecule has 0 bridgehead atoms. The van der Waals surface area contributed by atoms with Gasteiger partial charge in [0, 0.05) is 43.8 Å². The standard InChI is InChI=1S/C22H34BFN2O4/c1-20(2,3)28-19(27)26-13-11-25(12-14-26)15-16-9-8-10-17(18(16)24)23-29-21(4,5)22(6,7)30-23/h8-10H,11-15H2,1-7H3. The minimum Gasteiger partial charge on any atom is -0.444 e. The number of piperazine rings is 1. The van der Waals surface area contributed by atoms with Crippen molar-refractivity contribution in [1.29, 1.82) is 0 Å². The second-order valence-electron chi connectivity index (χ2n) is 10.2. The molecule has 166 valence electrons. The SMILES string of the molecule is CC(C)(C)OC(=O)N1CCN(Cc2cccc(B3OC(C)(C)C(C)(C)O3)c2F)CC1. The molecular weight excluding hydrogens is 386 g/mol. The van der Waals surface area contributed by atoms with Gasteiger partial charge in [0.1, 0.15) is 11.4 Å². The van der Waals surface area contributed by atoms with Crippen LogP contribution < -0.4 is 5.46 Å². The van der Waals surface area contributed by atoms with Crippen LogP contribution in [-0.2, 0) is 20.6 Å². The molecular formula is C22H34BFN2O4. The zero-order valence-corrected chi connectivity index (χ0v) is 19.3. The summed E-state index contributed by atoms with van der Waals surface area (Å²) in [5.74, 6) is -0.287. The van der Waals surface area contributed by atoms with E-state index in [2.05, 4.69) is 4.90 Å². The smallest absolute Gasteiger partial charge is 0.444 e. The Morgan fingerprint density at radius 3 is 2.20 bits per heavy atom. The van der Waals surface area contributed by atoms with E-state index in [0.717, 1.165) is 0 Å². The van der Waals surface area contributed by atoms with E-state index in [1.54, 1.807) is 17.0 Å². The fourth-order valence-corrected chi connectivity index (χ4v) is 3.53. The van der Waals surface area contributed by atoms with Crippen molar-refractivity contribution < 1.29 is 23.2 Å². The number of hydrogen-bond donors (Lipinski definition) is 0. The average molecular weight is 420 g/mol. The molecule has 1 amide bonds. The van der Waals surface area contributed by atoms with Crippen LogP contribution >= 0.6 is 0 Å². The van der Waals surface area contributed by atoms with Crippen LogP contribution in [0.4, 0.5) is 9.18 Å². The van der Waals surface area contributed by atoms with Crippen molar-refractivity contribution in [3.63, 3.8) is 0 Å². The normalized spacial score (nSPS) is 21.7. The number of nitrogens with zero attached hydrogens (tertiary/aromatic N) is 2. The summed E-state index contributed by atoms with van der Waals surface area (Å²) < 4.78 is 32.8. The number of carbonyl (C=O) groups excluding carboxylic acids is 1. The van der Waals surface area contributed by atoms with Crippen molar-refractivity contribution in [3.05, 3.63) is 29.6 Å². The number of ether oxygens (including phenoxy) is 1. The summed E-state index contributed by atoms with van der Waals surface area (Å²) in [7, 11) is -0.723. The first-order valence-electron chi connectivity index (χ1n) is 10.6. The number of carbonyl (C=O) groups is 1. The largest absolute Gasteiger partial charge is 0.497 e. The van der Waals surface area contributed by atoms with Gasteiger partial charge in [-0.25, -0.2) is 9.18 Å². The van der Waals surface area contributed by atoms with Gasteiger partial charge in [-0.2, -0.15) is 0 Å². The summed E-state index contributed by atoms with van der Waals surface area (Å²) in [6.07, 6.45) is -0.295. The van der Waals surface area contributed by atoms with Crippen molar-refractivity contribution in [2.24, 2.45) is 0 Å². The lowest BCUT2D eigenvalue weighted by Gasteiger charge is -2.35. The van der Waals surface area contributed by atoms with Gasteiger partial charge in [0.05, 0.1) is 11.2 Å². The van der Waals surface area contributed by atoms with Crippen LogP contribution in [0.25, 0.3) is 0 Å². The molecule has 2 saturated heterocycles. The lowest BCUT2D eigenvalue weighted by molar-refractivity contribution is 0.00578. The minimum absolute atomic E-state index is 0.287. The molecule has 0 N–H and O–H groups in total. The fourth-order valence-electron chi connectivity index (χ4n) is 3.53. The van der Waals surface area contributed by atoms with E-state index in [1.807, 2.05) is 54.5 Å². The molecule has 1 aromatic carbocycles. The van der Waals surface area contributed by atoms with Gasteiger partial charge in [-0.15, -0.1) is 0 Å². The predicted molar refractivity (Wildman–Crippen MR) is 115 cm³/mol. The molecule has 0 unspecified atom stereocenters. The topological polar surface area (TPSA) is 51.2 Å². The third-order valence-corrected chi connectivity index (χ3v) is 6.03. The molecule has 8 heteroatoms. The van der Waals surface area contributed by atoms with Gasteiger partial charge >= 0.3 is 13.2 Å². The number of benzene rings is 1. The first-order chi connectivity index (χ1) is 13.8. The summed E-state index contributed by atoms with van der Waals surface area (Å²) in [6.45, 7) is 16.3. The third kappa shape index (κ3) is 4.98. The monoisotopic (exact) mass is 420 g/mol. The van der Waals surface area contributed by atoms with Gasteiger partial charge in [0.15, 0.2) is 0 Å². The highest BCUT2D eigenvalue weighted by molar-refractivity contribution is 6.62. The number of amides is 1. The Balaban J connectivity index is 1.63. The molecule has 2 fully saturated rings. The molecule has 0 spiro atoms. The van der Waals surface area contributed by atoms with Crippen molar-refractivity contribution in [2.75, 3.05) is 26.2 Å². The van der Waals surface area contributed by atoms with Gasteiger partial charge in [-0.1, -0.05) is 18.2 Å². The van der Waals surface area contributed by atoms with Gasteiger partial charge in [0.2, 0.25) is 0 Å². The zero-order chi connectivity index (χ0) is 22.3. The molecule has 0 aliphatic carbocycles. The van der Waals surface area contributed by atoms with Crippen molar-refractivity contribution in [2.45, 2.75) is 71.8 Å². The van der Waals surface area contributed by atoms with Crippen molar-refractivity contribution >= 4 is 18.7 Å². The Labute approximate surface area is 179 Å². The van der Waals surface area contributed by atoms with Crippen LogP contribution in [0.3, 0.4) is 0 Å². The Morgan fingerprint density at radius 1 is 1.10 bits per heavy atom. The second kappa shape index (κ2) is 8.13. The Kier molecular flexibility index (Phi) is 6.24. The van der Waals surface area contributed by atoms with Crippen LogP contribution in [0.15, 0.2) is 18.2 Å². The molecule has 30 heavy (non-hydrogen) atoms. The maximum Gasteiger partial charge on any atom is 0.497 e. The molecule has 1 aromatic rings. The van der Waals surface area contributed by atoms with E-state index >= 15 is 4.39 Å². The maximum absolute atomic E-state index is 15.3. The Bertz CT molecular complexity index is 770. The van der Waals surface area contributed by atoms with Crippen LogP contribution in [0.2, 0.25) is 0 Å². The maximum atomic E-state index is 15.3. The number of rotatable bonds is 3. The summed E-state index contributed by atoms with van der Waals surface area (Å²) in [4.78, 5) is 16.1. The summed E-state index contributed by atoms with van der Waals surface area (Å²) >= 11 is 0. The summed E-state index contributed by atoms with van der Waals surface area (Å²) in [6, 6.07) is 5.36. The summed E-state index contributed by atoms with van der Waals surface area (Å²) in [5.41, 5.74) is -0.506. The highest BCUT2D eigenvalue weighted by Crippen LogP contribution is 2.36. The molecule has 2 heterocycles. The second-order valence-corrected chi connectivity index (χ2v) is 10.2. The minimum atomic E-state index is -0.723. The van der Waals surface area contributed by atoms with E-state index in [-0.39, 0.29) is 11.9 Å². The van der Waals surface area contributed by atoms with Crippen LogP contribution in [0, 0.1) is 5.82 Å². The first-order valence-corrected chi connectivity index (χ1v) is 10.6. The fraction of sp³-hybridized carbons (Fsp3) is 0.682. The average Bonchev–Trinajstić information content (AvgIpc) is 2.83. The Morgan fingerprint density at radius 2 is 1.67 bits per heavy atom. The van der Waals surface area contributed by atoms with Gasteiger partial charge in [-0.05, 0) is 48.5 Å². The molecule has 2 aliphatic heterocycles. The highest BCUT2D eigenvalue weighted by atomic mass is 19.1. The lowest BCUT2D eigenvalue weighted by Crippen LogP contribution is -2.49. The molecule has 0 atom stereocenters. The number of halogens is 1. The zero-order valence-electron chi connectivity index (χ0n) is 19.3. The van der Waals surface area contributed by atoms with E-state index in [1.165, 1.54) is 0 Å². The Hall–Kier alpha value is -1.64.